The van der Waals surface area contributed by atoms with Gasteiger partial charge in [0.25, 0.3) is 5.91 Å². The van der Waals surface area contributed by atoms with Crippen LogP contribution in [-0.2, 0) is 4.74 Å². The molecule has 0 unspecified atom stereocenters. The average molecular weight is 406 g/mol. The summed E-state index contributed by atoms with van der Waals surface area (Å²) in [5, 5.41) is 1.13. The van der Waals surface area contributed by atoms with Crippen molar-refractivity contribution in [3.63, 3.8) is 0 Å². The van der Waals surface area contributed by atoms with Gasteiger partial charge in [0.2, 0.25) is 0 Å². The van der Waals surface area contributed by atoms with Crippen molar-refractivity contribution in [1.29, 1.82) is 0 Å². The molecule has 158 valence electrons. The van der Waals surface area contributed by atoms with Crippen LogP contribution in [0.4, 0.5) is 0 Å². The monoisotopic (exact) mass is 405 g/mol. The van der Waals surface area contributed by atoms with Crippen molar-refractivity contribution in [3.8, 4) is 0 Å². The second kappa shape index (κ2) is 8.25. The summed E-state index contributed by atoms with van der Waals surface area (Å²) in [4.78, 5) is 21.4. The van der Waals surface area contributed by atoms with Gasteiger partial charge in [-0.1, -0.05) is 42.0 Å². The maximum atomic E-state index is 13.8. The van der Waals surface area contributed by atoms with E-state index in [0.29, 0.717) is 18.8 Å². The van der Waals surface area contributed by atoms with Gasteiger partial charge in [-0.3, -0.25) is 4.79 Å². The lowest BCUT2D eigenvalue weighted by Crippen LogP contribution is -2.51. The van der Waals surface area contributed by atoms with Crippen LogP contribution in [0.15, 0.2) is 42.5 Å². The number of hydrogen-bond donors (Lipinski definition) is 1. The summed E-state index contributed by atoms with van der Waals surface area (Å²) in [5.74, 6) is 0.0432. The van der Waals surface area contributed by atoms with E-state index in [-0.39, 0.29) is 18.1 Å². The number of benzene rings is 2. The highest BCUT2D eigenvalue weighted by atomic mass is 16.5. The summed E-state index contributed by atoms with van der Waals surface area (Å²) in [7, 11) is 4.08. The molecule has 0 saturated carbocycles. The Labute approximate surface area is 178 Å². The molecular weight excluding hydrogens is 374 g/mol. The number of likely N-dealkylation sites (N-methyl/N-ethyl adjacent to an activating group) is 1. The van der Waals surface area contributed by atoms with Crippen molar-refractivity contribution in [2.75, 3.05) is 33.8 Å². The number of carbonyl (C=O) groups excluding carboxylic acids is 1. The van der Waals surface area contributed by atoms with Crippen LogP contribution < -0.4 is 0 Å². The van der Waals surface area contributed by atoms with Crippen molar-refractivity contribution in [3.05, 3.63) is 70.4 Å². The number of morpholine rings is 1. The topological polar surface area (TPSA) is 48.6 Å². The SMILES string of the molecule is Cc1cc(C)c2[nH]c(C(=O)N3CCO[C@@H](CN(C)C)[C@@H]3c3ccccc3)c(C)c2c1. The van der Waals surface area contributed by atoms with E-state index >= 15 is 0 Å². The fourth-order valence-corrected chi connectivity index (χ4v) is 4.66. The van der Waals surface area contributed by atoms with Gasteiger partial charge < -0.3 is 19.5 Å². The molecule has 30 heavy (non-hydrogen) atoms. The van der Waals surface area contributed by atoms with Crippen LogP contribution in [0.5, 0.6) is 0 Å². The van der Waals surface area contributed by atoms with Gasteiger partial charge in [-0.15, -0.1) is 0 Å². The van der Waals surface area contributed by atoms with Crippen LogP contribution in [0, 0.1) is 20.8 Å². The molecule has 3 aromatic rings. The van der Waals surface area contributed by atoms with E-state index in [0.717, 1.165) is 28.6 Å². The van der Waals surface area contributed by atoms with Gasteiger partial charge in [-0.25, -0.2) is 0 Å². The highest BCUT2D eigenvalue weighted by molar-refractivity contribution is 6.02. The zero-order valence-electron chi connectivity index (χ0n) is 18.5. The number of ether oxygens (including phenoxy) is 1. The van der Waals surface area contributed by atoms with Crippen molar-refractivity contribution >= 4 is 16.8 Å². The molecule has 0 aliphatic carbocycles. The molecule has 5 heteroatoms. The van der Waals surface area contributed by atoms with E-state index in [1.165, 1.54) is 11.1 Å². The minimum Gasteiger partial charge on any atom is -0.373 e. The molecule has 2 atom stereocenters. The van der Waals surface area contributed by atoms with Gasteiger partial charge in [0.15, 0.2) is 0 Å². The Morgan fingerprint density at radius 2 is 1.90 bits per heavy atom. The second-order valence-electron chi connectivity index (χ2n) is 8.65. The number of aromatic nitrogens is 1. The highest BCUT2D eigenvalue weighted by Gasteiger charge is 2.38. The summed E-state index contributed by atoms with van der Waals surface area (Å²) in [6, 6.07) is 14.4. The van der Waals surface area contributed by atoms with E-state index in [1.54, 1.807) is 0 Å². The van der Waals surface area contributed by atoms with Crippen molar-refractivity contribution in [1.82, 2.24) is 14.8 Å². The largest absolute Gasteiger partial charge is 0.373 e. The molecule has 0 bridgehead atoms. The Balaban J connectivity index is 1.77. The minimum absolute atomic E-state index is 0.0432. The summed E-state index contributed by atoms with van der Waals surface area (Å²) < 4.78 is 6.15. The third kappa shape index (κ3) is 3.75. The molecule has 4 rings (SSSR count). The number of nitrogens with zero attached hydrogens (tertiary/aromatic N) is 2. The first-order valence-corrected chi connectivity index (χ1v) is 10.6. The molecule has 1 amide bonds. The molecule has 1 aromatic heterocycles. The molecule has 5 nitrogen and oxygen atoms in total. The summed E-state index contributed by atoms with van der Waals surface area (Å²) in [6.45, 7) is 8.11. The van der Waals surface area contributed by atoms with Crippen LogP contribution >= 0.6 is 0 Å². The van der Waals surface area contributed by atoms with E-state index in [1.807, 2.05) is 44.1 Å². The Morgan fingerprint density at radius 3 is 2.60 bits per heavy atom. The molecule has 1 aliphatic rings. The standard InChI is InChI=1S/C25H31N3O2/c1-16-13-17(2)22-20(14-16)18(3)23(26-22)25(29)28-11-12-30-21(15-27(4)5)24(28)19-9-7-6-8-10-19/h6-10,13-14,21,24,26H,11-12,15H2,1-5H3/t21-,24-/m0/s1. The summed E-state index contributed by atoms with van der Waals surface area (Å²) >= 11 is 0. The molecule has 1 aliphatic heterocycles. The lowest BCUT2D eigenvalue weighted by Gasteiger charge is -2.42. The number of H-pyrrole nitrogens is 1. The normalized spacial score (nSPS) is 19.6. The van der Waals surface area contributed by atoms with Crippen LogP contribution in [0.2, 0.25) is 0 Å². The number of aryl methyl sites for hydroxylation is 3. The molecule has 1 saturated heterocycles. The number of hydrogen-bond acceptors (Lipinski definition) is 3. The van der Waals surface area contributed by atoms with Gasteiger partial charge in [-0.2, -0.15) is 0 Å². The van der Waals surface area contributed by atoms with Crippen molar-refractivity contribution in [2.24, 2.45) is 0 Å². The molecule has 2 aromatic carbocycles. The van der Waals surface area contributed by atoms with Crippen LogP contribution in [0.25, 0.3) is 10.9 Å². The first-order chi connectivity index (χ1) is 14.4. The number of rotatable bonds is 4. The molecule has 1 fully saturated rings. The molecule has 2 heterocycles. The number of nitrogens with one attached hydrogen (secondary N) is 1. The summed E-state index contributed by atoms with van der Waals surface area (Å²) in [6.07, 6.45) is -0.0752. The number of amides is 1. The number of aromatic amines is 1. The fourth-order valence-electron chi connectivity index (χ4n) is 4.66. The maximum Gasteiger partial charge on any atom is 0.271 e. The van der Waals surface area contributed by atoms with Gasteiger partial charge in [0.05, 0.1) is 18.8 Å². The Hall–Kier alpha value is -2.63. The van der Waals surface area contributed by atoms with Gasteiger partial charge >= 0.3 is 0 Å². The van der Waals surface area contributed by atoms with Gasteiger partial charge in [0.1, 0.15) is 5.69 Å². The predicted molar refractivity (Wildman–Crippen MR) is 121 cm³/mol. The minimum atomic E-state index is -0.122. The van der Waals surface area contributed by atoms with Gasteiger partial charge in [0, 0.05) is 24.0 Å². The van der Waals surface area contributed by atoms with Crippen LogP contribution in [0.1, 0.15) is 38.8 Å². The second-order valence-corrected chi connectivity index (χ2v) is 8.65. The van der Waals surface area contributed by atoms with Crippen molar-refractivity contribution in [2.45, 2.75) is 32.9 Å². The first-order valence-electron chi connectivity index (χ1n) is 10.6. The predicted octanol–water partition coefficient (Wildman–Crippen LogP) is 4.24. The summed E-state index contributed by atoms with van der Waals surface area (Å²) in [5.41, 5.74) is 6.24. The lowest BCUT2D eigenvalue weighted by molar-refractivity contribution is -0.0686. The average Bonchev–Trinajstić information content (AvgIpc) is 3.04. The third-order valence-electron chi connectivity index (χ3n) is 6.02. The lowest BCUT2D eigenvalue weighted by atomic mass is 9.96. The third-order valence-corrected chi connectivity index (χ3v) is 6.02. The first kappa shape index (κ1) is 20.6. The van der Waals surface area contributed by atoms with Crippen LogP contribution in [-0.4, -0.2) is 60.6 Å². The van der Waals surface area contributed by atoms with E-state index in [2.05, 4.69) is 48.0 Å². The highest BCUT2D eigenvalue weighted by Crippen LogP contribution is 2.33. The Kier molecular flexibility index (Phi) is 5.67. The maximum absolute atomic E-state index is 13.8. The van der Waals surface area contributed by atoms with E-state index in [4.69, 9.17) is 4.74 Å². The van der Waals surface area contributed by atoms with Crippen LogP contribution in [0.3, 0.4) is 0 Å². The van der Waals surface area contributed by atoms with E-state index in [9.17, 15) is 4.79 Å². The molecular formula is C25H31N3O2. The molecule has 1 N–H and O–H groups in total. The zero-order chi connectivity index (χ0) is 21.4. The van der Waals surface area contributed by atoms with Gasteiger partial charge in [-0.05, 0) is 57.6 Å². The van der Waals surface area contributed by atoms with Crippen molar-refractivity contribution < 1.29 is 9.53 Å². The fraction of sp³-hybridized carbons (Fsp3) is 0.400. The smallest absolute Gasteiger partial charge is 0.271 e. The number of carbonyl (C=O) groups is 1. The molecule has 0 radical (unpaired) electrons. The number of fused-ring (bicyclic) bond motifs is 1. The zero-order valence-corrected chi connectivity index (χ0v) is 18.5. The van der Waals surface area contributed by atoms with E-state index < -0.39 is 0 Å². The quantitative estimate of drug-likeness (QED) is 0.706. The molecule has 0 spiro atoms. The Bertz CT molecular complexity index is 1060. The Morgan fingerprint density at radius 1 is 1.17 bits per heavy atom.